The number of aliphatic imine (C=N–C) groups is 1. The van der Waals surface area contributed by atoms with E-state index < -0.39 is 0 Å². The molecule has 1 aliphatic heterocycles. The number of aromatic nitrogens is 2. The lowest BCUT2D eigenvalue weighted by atomic mass is 10.2. The number of pyridine rings is 1. The van der Waals surface area contributed by atoms with Crippen LogP contribution in [0.4, 0.5) is 16.2 Å². The number of benzene rings is 1. The first-order chi connectivity index (χ1) is 16.5. The van der Waals surface area contributed by atoms with E-state index in [9.17, 15) is 4.79 Å². The number of rotatable bonds is 5. The maximum atomic E-state index is 12.9. The van der Waals surface area contributed by atoms with Gasteiger partial charge in [0.1, 0.15) is 0 Å². The van der Waals surface area contributed by atoms with Crippen LogP contribution in [0.15, 0.2) is 72.1 Å². The first-order valence-corrected chi connectivity index (χ1v) is 11.3. The van der Waals surface area contributed by atoms with E-state index in [1.165, 1.54) is 0 Å². The zero-order valence-corrected chi connectivity index (χ0v) is 19.4. The third kappa shape index (κ3) is 5.49. The number of nitrogens with one attached hydrogen (secondary N) is 3. The molecule has 176 valence electrons. The van der Waals surface area contributed by atoms with Crippen LogP contribution in [0.2, 0.25) is 0 Å². The van der Waals surface area contributed by atoms with Crippen LogP contribution in [0.1, 0.15) is 25.1 Å². The molecule has 0 aliphatic carbocycles. The molecule has 1 aliphatic rings. The quantitative estimate of drug-likeness (QED) is 0.396. The van der Waals surface area contributed by atoms with Crippen molar-refractivity contribution in [3.05, 3.63) is 78.4 Å². The smallest absolute Gasteiger partial charge is 0.326 e. The zero-order chi connectivity index (χ0) is 23.9. The van der Waals surface area contributed by atoms with Crippen molar-refractivity contribution in [2.75, 3.05) is 36.5 Å². The van der Waals surface area contributed by atoms with Crippen molar-refractivity contribution in [2.45, 2.75) is 19.9 Å². The van der Waals surface area contributed by atoms with Crippen LogP contribution in [0.25, 0.3) is 0 Å². The first kappa shape index (κ1) is 23.2. The molecule has 9 heteroatoms. The molecule has 0 spiro atoms. The standard InChI is InChI=1S/C25H29N7O2/c1-18(2)32(21-5-3-11-27-17-21)25(33)29-20-9-7-19(8-10-20)23(26)30-24(22-6-4-12-28-22)31-13-15-34-16-14-31/h3-12,17-18,26,28H,13-16H2,1-2H3,(H,29,33). The van der Waals surface area contributed by atoms with Gasteiger partial charge in [0.25, 0.3) is 0 Å². The second-order valence-corrected chi connectivity index (χ2v) is 8.15. The molecule has 3 heterocycles. The SMILES string of the molecule is CC(C)N(C(=O)Nc1ccc(C(=N)N=C(c2ccc[nH]2)N2CCOCC2)cc1)c1cccnc1. The summed E-state index contributed by atoms with van der Waals surface area (Å²) in [5.74, 6) is 0.868. The van der Waals surface area contributed by atoms with E-state index in [0.29, 0.717) is 24.5 Å². The van der Waals surface area contributed by atoms with Crippen molar-refractivity contribution < 1.29 is 9.53 Å². The van der Waals surface area contributed by atoms with E-state index in [1.54, 1.807) is 47.6 Å². The number of ether oxygens (including phenoxy) is 1. The Labute approximate surface area is 199 Å². The fourth-order valence-corrected chi connectivity index (χ4v) is 3.76. The number of amidine groups is 2. The van der Waals surface area contributed by atoms with Crippen LogP contribution >= 0.6 is 0 Å². The second-order valence-electron chi connectivity index (χ2n) is 8.15. The van der Waals surface area contributed by atoms with Gasteiger partial charge in [-0.15, -0.1) is 0 Å². The Kier molecular flexibility index (Phi) is 7.34. The van der Waals surface area contributed by atoms with Crippen LogP contribution in [0, 0.1) is 5.41 Å². The molecule has 0 bridgehead atoms. The summed E-state index contributed by atoms with van der Waals surface area (Å²) < 4.78 is 5.46. The van der Waals surface area contributed by atoms with Crippen molar-refractivity contribution in [2.24, 2.45) is 4.99 Å². The summed E-state index contributed by atoms with van der Waals surface area (Å²) in [6.45, 7) is 6.61. The zero-order valence-electron chi connectivity index (χ0n) is 19.4. The van der Waals surface area contributed by atoms with Gasteiger partial charge in [-0.3, -0.25) is 15.3 Å². The fourth-order valence-electron chi connectivity index (χ4n) is 3.76. The molecule has 4 rings (SSSR count). The van der Waals surface area contributed by atoms with Gasteiger partial charge in [-0.05, 0) is 62.4 Å². The fraction of sp³-hybridized carbons (Fsp3) is 0.280. The number of nitrogens with zero attached hydrogens (tertiary/aromatic N) is 4. The summed E-state index contributed by atoms with van der Waals surface area (Å²) in [6.07, 6.45) is 5.19. The van der Waals surface area contributed by atoms with Gasteiger partial charge in [0.15, 0.2) is 11.7 Å². The average Bonchev–Trinajstić information content (AvgIpc) is 3.38. The second kappa shape index (κ2) is 10.8. The highest BCUT2D eigenvalue weighted by molar-refractivity contribution is 6.10. The highest BCUT2D eigenvalue weighted by Crippen LogP contribution is 2.18. The Morgan fingerprint density at radius 3 is 2.56 bits per heavy atom. The minimum Gasteiger partial charge on any atom is -0.378 e. The van der Waals surface area contributed by atoms with Gasteiger partial charge in [0.05, 0.1) is 30.8 Å². The highest BCUT2D eigenvalue weighted by atomic mass is 16.5. The van der Waals surface area contributed by atoms with Crippen molar-refractivity contribution in [3.63, 3.8) is 0 Å². The number of aromatic amines is 1. The summed E-state index contributed by atoms with van der Waals surface area (Å²) in [4.78, 5) is 28.6. The predicted molar refractivity (Wildman–Crippen MR) is 134 cm³/mol. The Balaban J connectivity index is 1.49. The Hall–Kier alpha value is -3.98. The molecule has 34 heavy (non-hydrogen) atoms. The number of carbonyl (C=O) groups is 1. The van der Waals surface area contributed by atoms with Crippen LogP contribution in [-0.4, -0.2) is 64.9 Å². The summed E-state index contributed by atoms with van der Waals surface area (Å²) in [6, 6.07) is 14.4. The molecule has 0 unspecified atom stereocenters. The number of hydrogen-bond acceptors (Lipinski definition) is 4. The largest absolute Gasteiger partial charge is 0.378 e. The van der Waals surface area contributed by atoms with Crippen molar-refractivity contribution >= 4 is 29.1 Å². The minimum atomic E-state index is -0.245. The van der Waals surface area contributed by atoms with Gasteiger partial charge < -0.3 is 19.9 Å². The molecule has 3 N–H and O–H groups in total. The maximum Gasteiger partial charge on any atom is 0.326 e. The average molecular weight is 460 g/mol. The summed E-state index contributed by atoms with van der Waals surface area (Å²) in [5.41, 5.74) is 2.88. The Bertz CT molecular complexity index is 1120. The molecule has 3 aromatic rings. The molecule has 1 aromatic carbocycles. The van der Waals surface area contributed by atoms with Gasteiger partial charge in [0.2, 0.25) is 0 Å². The van der Waals surface area contributed by atoms with Crippen LogP contribution in [-0.2, 0) is 4.74 Å². The van der Waals surface area contributed by atoms with Gasteiger partial charge in [0, 0.05) is 42.8 Å². The molecule has 2 amide bonds. The van der Waals surface area contributed by atoms with E-state index >= 15 is 0 Å². The van der Waals surface area contributed by atoms with Gasteiger partial charge in [-0.1, -0.05) is 0 Å². The van der Waals surface area contributed by atoms with E-state index in [2.05, 4.69) is 25.2 Å². The third-order valence-corrected chi connectivity index (χ3v) is 5.44. The van der Waals surface area contributed by atoms with E-state index in [1.807, 2.05) is 38.2 Å². The van der Waals surface area contributed by atoms with Gasteiger partial charge >= 0.3 is 6.03 Å². The van der Waals surface area contributed by atoms with E-state index in [4.69, 9.17) is 10.1 Å². The number of hydrogen-bond donors (Lipinski definition) is 3. The van der Waals surface area contributed by atoms with Crippen LogP contribution in [0.5, 0.6) is 0 Å². The molecular formula is C25H29N7O2. The van der Waals surface area contributed by atoms with E-state index in [-0.39, 0.29) is 17.9 Å². The molecule has 0 atom stereocenters. The summed E-state index contributed by atoms with van der Waals surface area (Å²) in [5, 5.41) is 11.5. The lowest BCUT2D eigenvalue weighted by Crippen LogP contribution is -2.41. The van der Waals surface area contributed by atoms with Gasteiger partial charge in [-0.25, -0.2) is 9.79 Å². The van der Waals surface area contributed by atoms with Crippen molar-refractivity contribution in [1.82, 2.24) is 14.9 Å². The Morgan fingerprint density at radius 2 is 1.94 bits per heavy atom. The van der Waals surface area contributed by atoms with Crippen molar-refractivity contribution in [3.8, 4) is 0 Å². The Morgan fingerprint density at radius 1 is 1.18 bits per heavy atom. The number of urea groups is 1. The number of carbonyl (C=O) groups excluding carboxylic acids is 1. The molecule has 1 fully saturated rings. The normalized spacial score (nSPS) is 14.2. The van der Waals surface area contributed by atoms with Crippen molar-refractivity contribution in [1.29, 1.82) is 5.41 Å². The van der Waals surface area contributed by atoms with Gasteiger partial charge in [-0.2, -0.15) is 0 Å². The summed E-state index contributed by atoms with van der Waals surface area (Å²) >= 11 is 0. The monoisotopic (exact) mass is 459 g/mol. The summed E-state index contributed by atoms with van der Waals surface area (Å²) in [7, 11) is 0. The molecule has 2 aromatic heterocycles. The highest BCUT2D eigenvalue weighted by Gasteiger charge is 2.20. The number of morpholine rings is 1. The molecule has 0 saturated carbocycles. The van der Waals surface area contributed by atoms with Crippen LogP contribution < -0.4 is 10.2 Å². The lowest BCUT2D eigenvalue weighted by Gasteiger charge is -2.29. The predicted octanol–water partition coefficient (Wildman–Crippen LogP) is 3.96. The first-order valence-electron chi connectivity index (χ1n) is 11.3. The molecular weight excluding hydrogens is 430 g/mol. The number of H-pyrrole nitrogens is 1. The molecule has 9 nitrogen and oxygen atoms in total. The number of amides is 2. The minimum absolute atomic E-state index is 0.0439. The topological polar surface area (TPSA) is 110 Å². The number of anilines is 2. The molecule has 1 saturated heterocycles. The maximum absolute atomic E-state index is 12.9. The van der Waals surface area contributed by atoms with E-state index in [0.717, 1.165) is 30.3 Å². The lowest BCUT2D eigenvalue weighted by molar-refractivity contribution is 0.0682. The third-order valence-electron chi connectivity index (χ3n) is 5.44. The molecule has 0 radical (unpaired) electrons. The van der Waals surface area contributed by atoms with Crippen LogP contribution in [0.3, 0.4) is 0 Å².